The van der Waals surface area contributed by atoms with Crippen molar-refractivity contribution in [1.29, 1.82) is 0 Å². The Balaban J connectivity index is 2.59. The lowest BCUT2D eigenvalue weighted by Crippen LogP contribution is -2.22. The van der Waals surface area contributed by atoms with Gasteiger partial charge in [0, 0.05) is 18.3 Å². The Hall–Kier alpha value is -0.750. The van der Waals surface area contributed by atoms with Gasteiger partial charge in [0.15, 0.2) is 0 Å². The van der Waals surface area contributed by atoms with Crippen molar-refractivity contribution in [2.45, 2.75) is 6.92 Å². The normalized spacial score (nSPS) is 13.9. The molecule has 7 heteroatoms. The van der Waals surface area contributed by atoms with Crippen LogP contribution >= 0.6 is 11.6 Å². The number of rotatable bonds is 5. The molecule has 1 aromatic rings. The molecule has 0 spiro atoms. The number of nitrogens with zero attached hydrogens (tertiary/aromatic N) is 1. The van der Waals surface area contributed by atoms with E-state index in [0.717, 1.165) is 0 Å². The van der Waals surface area contributed by atoms with E-state index >= 15 is 0 Å². The van der Waals surface area contributed by atoms with Crippen LogP contribution in [0.25, 0.3) is 0 Å². The van der Waals surface area contributed by atoms with E-state index in [4.69, 9.17) is 11.6 Å². The molecule has 1 rings (SSSR count). The van der Waals surface area contributed by atoms with Crippen LogP contribution in [0.4, 0.5) is 5.95 Å². The van der Waals surface area contributed by atoms with E-state index in [-0.39, 0.29) is 17.6 Å². The van der Waals surface area contributed by atoms with Crippen molar-refractivity contribution in [2.24, 2.45) is 5.92 Å². The third-order valence-corrected chi connectivity index (χ3v) is 3.56. The second-order valence-electron chi connectivity index (χ2n) is 3.08. The van der Waals surface area contributed by atoms with E-state index in [2.05, 4.69) is 14.7 Å². The first-order chi connectivity index (χ1) is 6.53. The summed E-state index contributed by atoms with van der Waals surface area (Å²) in [5, 5.41) is 0. The van der Waals surface area contributed by atoms with Crippen molar-refractivity contribution in [3.05, 3.63) is 12.4 Å². The first-order valence-electron chi connectivity index (χ1n) is 4.09. The molecule has 0 fully saturated rings. The van der Waals surface area contributed by atoms with Crippen molar-refractivity contribution in [3.8, 4) is 0 Å². The Bertz CT molecular complexity index is 362. The van der Waals surface area contributed by atoms with Gasteiger partial charge in [-0.05, 0) is 5.92 Å². The molecule has 0 bridgehead atoms. The number of imidazole rings is 1. The van der Waals surface area contributed by atoms with Crippen molar-refractivity contribution >= 4 is 27.6 Å². The van der Waals surface area contributed by atoms with Crippen LogP contribution in [-0.4, -0.2) is 30.0 Å². The predicted octanol–water partition coefficient (Wildman–Crippen LogP) is 1.03. The van der Waals surface area contributed by atoms with Crippen LogP contribution in [0.2, 0.25) is 0 Å². The standard InChI is InChI=1S/C7H12ClN3O2S/c1-6(4-8)5-14(12,13)11-7-9-2-3-10-7/h2-3,6H,4-5H2,1H3,(H2,9,10,11). The molecule has 5 nitrogen and oxygen atoms in total. The third kappa shape index (κ3) is 3.55. The summed E-state index contributed by atoms with van der Waals surface area (Å²) >= 11 is 5.52. The molecular formula is C7H12ClN3O2S. The number of halogens is 1. The smallest absolute Gasteiger partial charge is 0.235 e. The number of anilines is 1. The molecule has 0 saturated carbocycles. The van der Waals surface area contributed by atoms with Gasteiger partial charge in [-0.2, -0.15) is 0 Å². The Morgan fingerprint density at radius 2 is 2.43 bits per heavy atom. The zero-order valence-electron chi connectivity index (χ0n) is 7.70. The quantitative estimate of drug-likeness (QED) is 0.751. The summed E-state index contributed by atoms with van der Waals surface area (Å²) in [4.78, 5) is 6.41. The molecule has 1 unspecified atom stereocenters. The first-order valence-corrected chi connectivity index (χ1v) is 6.28. The summed E-state index contributed by atoms with van der Waals surface area (Å²) in [6.07, 6.45) is 3.02. The van der Waals surface area contributed by atoms with Gasteiger partial charge in [0.25, 0.3) is 0 Å². The Labute approximate surface area is 87.9 Å². The SMILES string of the molecule is CC(CCl)CS(=O)(=O)Nc1ncc[nH]1. The average Bonchev–Trinajstić information content (AvgIpc) is 2.54. The van der Waals surface area contributed by atoms with Gasteiger partial charge in [-0.15, -0.1) is 11.6 Å². The molecule has 0 aliphatic rings. The van der Waals surface area contributed by atoms with Crippen molar-refractivity contribution in [1.82, 2.24) is 9.97 Å². The van der Waals surface area contributed by atoms with Crippen LogP contribution in [0.1, 0.15) is 6.92 Å². The number of H-pyrrole nitrogens is 1. The maximum absolute atomic E-state index is 11.4. The van der Waals surface area contributed by atoms with Crippen molar-refractivity contribution in [2.75, 3.05) is 16.4 Å². The maximum Gasteiger partial charge on any atom is 0.235 e. The second-order valence-corrected chi connectivity index (χ2v) is 5.16. The first kappa shape index (κ1) is 11.3. The highest BCUT2D eigenvalue weighted by atomic mass is 35.5. The van der Waals surface area contributed by atoms with Crippen LogP contribution in [0.15, 0.2) is 12.4 Å². The third-order valence-electron chi connectivity index (χ3n) is 1.52. The lowest BCUT2D eigenvalue weighted by Gasteiger charge is -2.08. The minimum atomic E-state index is -3.34. The number of sulfonamides is 1. The summed E-state index contributed by atoms with van der Waals surface area (Å²) in [7, 11) is -3.34. The fourth-order valence-electron chi connectivity index (χ4n) is 0.929. The zero-order valence-corrected chi connectivity index (χ0v) is 9.27. The summed E-state index contributed by atoms with van der Waals surface area (Å²) in [6, 6.07) is 0. The molecule has 0 aromatic carbocycles. The van der Waals surface area contributed by atoms with E-state index in [1.54, 1.807) is 13.1 Å². The molecule has 14 heavy (non-hydrogen) atoms. The van der Waals surface area contributed by atoms with Gasteiger partial charge < -0.3 is 4.98 Å². The van der Waals surface area contributed by atoms with Crippen LogP contribution in [-0.2, 0) is 10.0 Å². The van der Waals surface area contributed by atoms with Crippen LogP contribution in [0, 0.1) is 5.92 Å². The molecule has 80 valence electrons. The zero-order chi connectivity index (χ0) is 10.6. The number of aromatic amines is 1. The van der Waals surface area contributed by atoms with E-state index in [0.29, 0.717) is 5.88 Å². The largest absolute Gasteiger partial charge is 0.330 e. The Kier molecular flexibility index (Phi) is 3.77. The van der Waals surface area contributed by atoms with Gasteiger partial charge in [-0.3, -0.25) is 4.72 Å². The lowest BCUT2D eigenvalue weighted by atomic mass is 10.3. The van der Waals surface area contributed by atoms with E-state index in [1.165, 1.54) is 6.20 Å². The highest BCUT2D eigenvalue weighted by Crippen LogP contribution is 2.06. The van der Waals surface area contributed by atoms with Crippen LogP contribution < -0.4 is 4.72 Å². The molecule has 2 N–H and O–H groups in total. The van der Waals surface area contributed by atoms with Gasteiger partial charge in [0.05, 0.1) is 5.75 Å². The summed E-state index contributed by atoms with van der Waals surface area (Å²) in [6.45, 7) is 1.77. The van der Waals surface area contributed by atoms with Gasteiger partial charge in [0.2, 0.25) is 16.0 Å². The predicted molar refractivity (Wildman–Crippen MR) is 55.9 cm³/mol. The fraction of sp³-hybridized carbons (Fsp3) is 0.571. The molecule has 1 heterocycles. The van der Waals surface area contributed by atoms with Gasteiger partial charge in [-0.1, -0.05) is 6.92 Å². The molecular weight excluding hydrogens is 226 g/mol. The molecule has 0 aliphatic carbocycles. The number of aromatic nitrogens is 2. The number of alkyl halides is 1. The topological polar surface area (TPSA) is 74.8 Å². The van der Waals surface area contributed by atoms with Crippen molar-refractivity contribution in [3.63, 3.8) is 0 Å². The summed E-state index contributed by atoms with van der Waals surface area (Å²) in [5.74, 6) is 0.465. The second kappa shape index (κ2) is 4.65. The van der Waals surface area contributed by atoms with Gasteiger partial charge in [0.1, 0.15) is 0 Å². The molecule has 1 atom stereocenters. The van der Waals surface area contributed by atoms with Crippen molar-refractivity contribution < 1.29 is 8.42 Å². The van der Waals surface area contributed by atoms with E-state index in [1.807, 2.05) is 0 Å². The summed E-state index contributed by atoms with van der Waals surface area (Å²) < 4.78 is 25.2. The van der Waals surface area contributed by atoms with Gasteiger partial charge in [-0.25, -0.2) is 13.4 Å². The highest BCUT2D eigenvalue weighted by Gasteiger charge is 2.15. The number of nitrogens with one attached hydrogen (secondary N) is 2. The van der Waals surface area contributed by atoms with Gasteiger partial charge >= 0.3 is 0 Å². The average molecular weight is 238 g/mol. The molecule has 0 amide bonds. The minimum absolute atomic E-state index is 0.00278. The molecule has 0 aliphatic heterocycles. The molecule has 0 saturated heterocycles. The number of hydrogen-bond donors (Lipinski definition) is 2. The minimum Gasteiger partial charge on any atom is -0.330 e. The molecule has 0 radical (unpaired) electrons. The van der Waals surface area contributed by atoms with Crippen LogP contribution in [0.5, 0.6) is 0 Å². The Morgan fingerprint density at radius 3 is 2.93 bits per heavy atom. The highest BCUT2D eigenvalue weighted by molar-refractivity contribution is 7.92. The van der Waals surface area contributed by atoms with E-state index in [9.17, 15) is 8.42 Å². The fourth-order valence-corrected chi connectivity index (χ4v) is 2.52. The van der Waals surface area contributed by atoms with E-state index < -0.39 is 10.0 Å². The lowest BCUT2D eigenvalue weighted by molar-refractivity contribution is 0.588. The monoisotopic (exact) mass is 237 g/mol. The van der Waals surface area contributed by atoms with Crippen LogP contribution in [0.3, 0.4) is 0 Å². The summed E-state index contributed by atoms with van der Waals surface area (Å²) in [5.41, 5.74) is 0. The molecule has 1 aromatic heterocycles. The number of hydrogen-bond acceptors (Lipinski definition) is 3. The Morgan fingerprint density at radius 1 is 1.71 bits per heavy atom. The maximum atomic E-state index is 11.4.